The first-order chi connectivity index (χ1) is 16.7. The second kappa shape index (κ2) is 12.2. The summed E-state index contributed by atoms with van der Waals surface area (Å²) in [6, 6.07) is 20.7. The first-order valence-corrected chi connectivity index (χ1v) is 12.1. The summed E-state index contributed by atoms with van der Waals surface area (Å²) in [7, 11) is 0. The molecule has 1 unspecified atom stereocenters. The molecule has 3 N–H and O–H groups in total. The van der Waals surface area contributed by atoms with Crippen LogP contribution in [0.15, 0.2) is 66.7 Å². The zero-order valence-electron chi connectivity index (χ0n) is 20.9. The highest BCUT2D eigenvalue weighted by molar-refractivity contribution is 5.91. The highest BCUT2D eigenvalue weighted by atomic mass is 16.2. The van der Waals surface area contributed by atoms with Crippen LogP contribution in [0.25, 0.3) is 10.8 Å². The lowest BCUT2D eigenvalue weighted by molar-refractivity contribution is -0.129. The van der Waals surface area contributed by atoms with E-state index in [0.29, 0.717) is 18.7 Å². The molecule has 0 radical (unpaired) electrons. The molecule has 0 saturated heterocycles. The van der Waals surface area contributed by atoms with Gasteiger partial charge in [0.25, 0.3) is 0 Å². The summed E-state index contributed by atoms with van der Waals surface area (Å²) >= 11 is 0. The molecule has 0 aromatic heterocycles. The topological polar surface area (TPSA) is 87.3 Å². The summed E-state index contributed by atoms with van der Waals surface area (Å²) in [6.07, 6.45) is 0.662. The van der Waals surface area contributed by atoms with Crippen LogP contribution < -0.4 is 16.0 Å². The van der Waals surface area contributed by atoms with E-state index in [2.05, 4.69) is 16.0 Å². The number of hydrogen-bond acceptors (Lipinski definition) is 3. The van der Waals surface area contributed by atoms with Gasteiger partial charge in [-0.1, -0.05) is 82.3 Å². The summed E-state index contributed by atoms with van der Waals surface area (Å²) in [4.78, 5) is 37.7. The lowest BCUT2D eigenvalue weighted by Crippen LogP contribution is -2.49. The molecular weight excluding hydrogens is 438 g/mol. The number of rotatable bonds is 10. The Morgan fingerprint density at radius 1 is 0.771 bits per heavy atom. The van der Waals surface area contributed by atoms with Crippen molar-refractivity contribution in [2.45, 2.75) is 53.1 Å². The molecule has 0 aliphatic heterocycles. The van der Waals surface area contributed by atoms with Crippen molar-refractivity contribution in [2.24, 2.45) is 11.8 Å². The third kappa shape index (κ3) is 7.95. The van der Waals surface area contributed by atoms with Crippen LogP contribution in [0.5, 0.6) is 0 Å². The molecule has 3 amide bonds. The van der Waals surface area contributed by atoms with Gasteiger partial charge in [0.1, 0.15) is 6.04 Å². The number of fused-ring (bicyclic) bond motifs is 1. The van der Waals surface area contributed by atoms with E-state index >= 15 is 0 Å². The summed E-state index contributed by atoms with van der Waals surface area (Å²) in [5, 5.41) is 10.9. The zero-order valence-corrected chi connectivity index (χ0v) is 20.9. The average Bonchev–Trinajstić information content (AvgIpc) is 2.80. The number of benzene rings is 3. The third-order valence-electron chi connectivity index (χ3n) is 5.72. The molecule has 0 fully saturated rings. The second-order valence-corrected chi connectivity index (χ2v) is 9.71. The molecule has 3 aromatic rings. The van der Waals surface area contributed by atoms with E-state index < -0.39 is 6.04 Å². The molecule has 0 saturated carbocycles. The van der Waals surface area contributed by atoms with E-state index in [1.54, 1.807) is 0 Å². The Balaban J connectivity index is 1.56. The highest BCUT2D eigenvalue weighted by Crippen LogP contribution is 2.16. The Morgan fingerprint density at radius 3 is 2.23 bits per heavy atom. The monoisotopic (exact) mass is 473 g/mol. The molecule has 3 aromatic carbocycles. The Labute approximate surface area is 207 Å². The van der Waals surface area contributed by atoms with Crippen molar-refractivity contribution in [3.63, 3.8) is 0 Å². The van der Waals surface area contributed by atoms with Gasteiger partial charge < -0.3 is 16.0 Å². The molecule has 35 heavy (non-hydrogen) atoms. The van der Waals surface area contributed by atoms with Gasteiger partial charge in [-0.05, 0) is 45.9 Å². The molecule has 6 heteroatoms. The van der Waals surface area contributed by atoms with E-state index in [1.807, 2.05) is 94.4 Å². The first kappa shape index (κ1) is 25.9. The molecule has 184 valence electrons. The standard InChI is InChI=1S/C29H35N3O3/c1-19(2)14-26(33)31-25-11-7-8-22(16-25)18-30-29(35)28(20(3)4)32-27(34)17-21-12-13-23-9-5-6-10-24(23)15-21/h5-13,15-16,19-20,28H,14,17-18H2,1-4H3,(H,30,35)(H,31,33)(H,32,34). The molecule has 0 spiro atoms. The van der Waals surface area contributed by atoms with Crippen LogP contribution in [0, 0.1) is 11.8 Å². The fourth-order valence-corrected chi connectivity index (χ4v) is 3.93. The summed E-state index contributed by atoms with van der Waals surface area (Å²) < 4.78 is 0. The van der Waals surface area contributed by atoms with Crippen LogP contribution in [0.3, 0.4) is 0 Å². The Hall–Kier alpha value is -3.67. The lowest BCUT2D eigenvalue weighted by Gasteiger charge is -2.22. The van der Waals surface area contributed by atoms with E-state index in [9.17, 15) is 14.4 Å². The van der Waals surface area contributed by atoms with Crippen molar-refractivity contribution in [3.05, 3.63) is 77.9 Å². The molecule has 6 nitrogen and oxygen atoms in total. The largest absolute Gasteiger partial charge is 0.350 e. The van der Waals surface area contributed by atoms with Gasteiger partial charge in [0, 0.05) is 18.7 Å². The van der Waals surface area contributed by atoms with Gasteiger partial charge in [0.15, 0.2) is 0 Å². The van der Waals surface area contributed by atoms with E-state index in [-0.39, 0.29) is 36.0 Å². The van der Waals surface area contributed by atoms with Crippen LogP contribution in [0.4, 0.5) is 5.69 Å². The Bertz CT molecular complexity index is 1190. The predicted molar refractivity (Wildman–Crippen MR) is 141 cm³/mol. The van der Waals surface area contributed by atoms with Gasteiger partial charge in [-0.3, -0.25) is 14.4 Å². The van der Waals surface area contributed by atoms with Crippen molar-refractivity contribution in [2.75, 3.05) is 5.32 Å². The maximum Gasteiger partial charge on any atom is 0.243 e. The minimum absolute atomic E-state index is 0.0322. The minimum atomic E-state index is -0.642. The van der Waals surface area contributed by atoms with E-state index in [1.165, 1.54) is 0 Å². The maximum absolute atomic E-state index is 12.9. The maximum atomic E-state index is 12.9. The van der Waals surface area contributed by atoms with Gasteiger partial charge in [-0.2, -0.15) is 0 Å². The zero-order chi connectivity index (χ0) is 25.4. The summed E-state index contributed by atoms with van der Waals surface area (Å²) in [5.74, 6) is -0.251. The first-order valence-electron chi connectivity index (χ1n) is 12.1. The predicted octanol–water partition coefficient (Wildman–Crippen LogP) is 4.82. The van der Waals surface area contributed by atoms with Crippen molar-refractivity contribution in [3.8, 4) is 0 Å². The molecule has 0 aliphatic carbocycles. The normalized spacial score (nSPS) is 11.9. The quantitative estimate of drug-likeness (QED) is 0.394. The number of anilines is 1. The number of hydrogen-bond donors (Lipinski definition) is 3. The molecular formula is C29H35N3O3. The molecule has 0 heterocycles. The Kier molecular flexibility index (Phi) is 9.01. The number of amides is 3. The smallest absolute Gasteiger partial charge is 0.243 e. The van der Waals surface area contributed by atoms with Gasteiger partial charge >= 0.3 is 0 Å². The van der Waals surface area contributed by atoms with Crippen LogP contribution in [-0.2, 0) is 27.3 Å². The van der Waals surface area contributed by atoms with Crippen molar-refractivity contribution < 1.29 is 14.4 Å². The second-order valence-electron chi connectivity index (χ2n) is 9.71. The van der Waals surface area contributed by atoms with E-state index in [4.69, 9.17) is 0 Å². The molecule has 0 bridgehead atoms. The van der Waals surface area contributed by atoms with Crippen molar-refractivity contribution in [1.29, 1.82) is 0 Å². The van der Waals surface area contributed by atoms with Crippen LogP contribution in [0.1, 0.15) is 45.2 Å². The molecule has 0 aliphatic rings. The lowest BCUT2D eigenvalue weighted by atomic mass is 10.0. The van der Waals surface area contributed by atoms with Gasteiger partial charge in [-0.15, -0.1) is 0 Å². The van der Waals surface area contributed by atoms with E-state index in [0.717, 1.165) is 21.9 Å². The average molecular weight is 474 g/mol. The number of nitrogens with one attached hydrogen (secondary N) is 3. The summed E-state index contributed by atoms with van der Waals surface area (Å²) in [5.41, 5.74) is 2.47. The number of carbonyl (C=O) groups is 3. The summed E-state index contributed by atoms with van der Waals surface area (Å²) in [6.45, 7) is 8.11. The molecule has 1 atom stereocenters. The Morgan fingerprint density at radius 2 is 1.51 bits per heavy atom. The van der Waals surface area contributed by atoms with Gasteiger partial charge in [-0.25, -0.2) is 0 Å². The fourth-order valence-electron chi connectivity index (χ4n) is 3.93. The highest BCUT2D eigenvalue weighted by Gasteiger charge is 2.24. The van der Waals surface area contributed by atoms with Crippen LogP contribution in [-0.4, -0.2) is 23.8 Å². The van der Waals surface area contributed by atoms with Gasteiger partial charge in [0.05, 0.1) is 6.42 Å². The number of carbonyl (C=O) groups excluding carboxylic acids is 3. The SMILES string of the molecule is CC(C)CC(=O)Nc1cccc(CNC(=O)C(NC(=O)Cc2ccc3ccccc3c2)C(C)C)c1. The third-order valence-corrected chi connectivity index (χ3v) is 5.72. The van der Waals surface area contributed by atoms with Crippen LogP contribution in [0.2, 0.25) is 0 Å². The van der Waals surface area contributed by atoms with Crippen molar-refractivity contribution >= 4 is 34.2 Å². The van der Waals surface area contributed by atoms with Gasteiger partial charge in [0.2, 0.25) is 17.7 Å². The fraction of sp³-hybridized carbons (Fsp3) is 0.345. The van der Waals surface area contributed by atoms with Crippen molar-refractivity contribution in [1.82, 2.24) is 10.6 Å². The van der Waals surface area contributed by atoms with Crippen LogP contribution >= 0.6 is 0 Å². The minimum Gasteiger partial charge on any atom is -0.350 e. The molecule has 3 rings (SSSR count).